The van der Waals surface area contributed by atoms with Crippen LogP contribution in [0.2, 0.25) is 0 Å². The first-order valence-electron chi connectivity index (χ1n) is 13.7. The van der Waals surface area contributed by atoms with Crippen LogP contribution >= 0.6 is 0 Å². The highest BCUT2D eigenvalue weighted by Crippen LogP contribution is 2.38. The van der Waals surface area contributed by atoms with Crippen molar-refractivity contribution < 1.29 is 4.74 Å². The summed E-state index contributed by atoms with van der Waals surface area (Å²) in [6.45, 7) is 3.69. The predicted octanol–water partition coefficient (Wildman–Crippen LogP) is 9.39. The van der Waals surface area contributed by atoms with Gasteiger partial charge in [0.25, 0.3) is 0 Å². The number of fused-ring (bicyclic) bond motifs is 6. The summed E-state index contributed by atoms with van der Waals surface area (Å²) in [6, 6.07) is 48.3. The third-order valence-corrected chi connectivity index (χ3v) is 8.10. The second kappa shape index (κ2) is 8.97. The van der Waals surface area contributed by atoms with E-state index in [0.717, 1.165) is 44.3 Å². The molecule has 0 saturated carbocycles. The Morgan fingerprint density at radius 3 is 1.34 bits per heavy atom. The SMILES string of the molecule is C=[N+]([O-])c1ccc(-c2ccc(-n3c4ccccc4c4ccccc43)cc2)cc1-n1c2ccccc2c2ccccc21. The largest absolute Gasteiger partial charge is 0.619 e. The van der Waals surface area contributed by atoms with Crippen molar-refractivity contribution in [2.24, 2.45) is 0 Å². The second-order valence-electron chi connectivity index (χ2n) is 10.4. The molecule has 194 valence electrons. The molecule has 0 N–H and O–H groups in total. The van der Waals surface area contributed by atoms with Crippen molar-refractivity contribution in [1.29, 1.82) is 0 Å². The Morgan fingerprint density at radius 2 is 0.878 bits per heavy atom. The quantitative estimate of drug-likeness (QED) is 0.0972. The molecule has 8 rings (SSSR count). The molecule has 2 heterocycles. The summed E-state index contributed by atoms with van der Waals surface area (Å²) in [5.74, 6) is 0. The van der Waals surface area contributed by atoms with Crippen LogP contribution in [-0.2, 0) is 0 Å². The number of aromatic nitrogens is 2. The summed E-state index contributed by atoms with van der Waals surface area (Å²) < 4.78 is 5.19. The molecule has 0 amide bonds. The molecule has 6 aromatic carbocycles. The molecule has 0 atom stereocenters. The van der Waals surface area contributed by atoms with Crippen LogP contribution in [0.1, 0.15) is 0 Å². The summed E-state index contributed by atoms with van der Waals surface area (Å²) in [6.07, 6.45) is 0. The van der Waals surface area contributed by atoms with Gasteiger partial charge >= 0.3 is 0 Å². The summed E-state index contributed by atoms with van der Waals surface area (Å²) >= 11 is 0. The van der Waals surface area contributed by atoms with Crippen molar-refractivity contribution in [3.63, 3.8) is 0 Å². The number of rotatable bonds is 4. The molecule has 8 aromatic rings. The molecule has 4 nitrogen and oxygen atoms in total. The summed E-state index contributed by atoms with van der Waals surface area (Å²) in [7, 11) is 0. The number of hydrogen-bond acceptors (Lipinski definition) is 1. The predicted molar refractivity (Wildman–Crippen MR) is 171 cm³/mol. The van der Waals surface area contributed by atoms with Crippen LogP contribution in [0.4, 0.5) is 5.69 Å². The maximum Gasteiger partial charge on any atom is 0.240 e. The lowest BCUT2D eigenvalue weighted by molar-refractivity contribution is -0.349. The third-order valence-electron chi connectivity index (χ3n) is 8.10. The topological polar surface area (TPSA) is 35.9 Å². The zero-order valence-corrected chi connectivity index (χ0v) is 22.2. The van der Waals surface area contributed by atoms with Gasteiger partial charge in [0, 0.05) is 33.3 Å². The van der Waals surface area contributed by atoms with E-state index in [1.807, 2.05) is 24.3 Å². The van der Waals surface area contributed by atoms with Gasteiger partial charge in [-0.2, -0.15) is 4.74 Å². The molecule has 0 fully saturated rings. The molecule has 0 aliphatic heterocycles. The van der Waals surface area contributed by atoms with Crippen LogP contribution in [0.5, 0.6) is 0 Å². The van der Waals surface area contributed by atoms with Gasteiger partial charge < -0.3 is 14.3 Å². The Hall–Kier alpha value is -5.61. The molecule has 0 spiro atoms. The van der Waals surface area contributed by atoms with Crippen LogP contribution in [0.25, 0.3) is 66.1 Å². The lowest BCUT2D eigenvalue weighted by Crippen LogP contribution is -2.01. The molecule has 41 heavy (non-hydrogen) atoms. The van der Waals surface area contributed by atoms with Crippen molar-refractivity contribution >= 4 is 56.0 Å². The Balaban J connectivity index is 1.30. The summed E-state index contributed by atoms with van der Waals surface area (Å²) in [4.78, 5) is 0. The van der Waals surface area contributed by atoms with Gasteiger partial charge in [0.05, 0.1) is 22.1 Å². The first-order chi connectivity index (χ1) is 20.2. The molecule has 2 aromatic heterocycles. The lowest BCUT2D eigenvalue weighted by Gasteiger charge is -2.14. The molecule has 0 bridgehead atoms. The van der Waals surface area contributed by atoms with Crippen LogP contribution in [0, 0.1) is 5.21 Å². The van der Waals surface area contributed by atoms with E-state index in [1.54, 1.807) is 0 Å². The molecular weight excluding hydrogens is 502 g/mol. The van der Waals surface area contributed by atoms with Crippen molar-refractivity contribution in [2.75, 3.05) is 0 Å². The molecular formula is C37H25N3O. The van der Waals surface area contributed by atoms with Gasteiger partial charge in [0.2, 0.25) is 5.69 Å². The van der Waals surface area contributed by atoms with Crippen molar-refractivity contribution in [3.05, 3.63) is 145 Å². The van der Waals surface area contributed by atoms with Crippen molar-refractivity contribution in [2.45, 2.75) is 0 Å². The Labute approximate surface area is 236 Å². The maximum absolute atomic E-state index is 12.7. The van der Waals surface area contributed by atoms with Gasteiger partial charge in [0.15, 0.2) is 0 Å². The fourth-order valence-corrected chi connectivity index (χ4v) is 6.28. The molecule has 0 radical (unpaired) electrons. The van der Waals surface area contributed by atoms with E-state index in [9.17, 15) is 5.21 Å². The highest BCUT2D eigenvalue weighted by molar-refractivity contribution is 6.10. The lowest BCUT2D eigenvalue weighted by atomic mass is 10.0. The molecule has 0 aliphatic rings. The Bertz CT molecular complexity index is 2180. The normalized spacial score (nSPS) is 11.6. The third kappa shape index (κ3) is 3.51. The van der Waals surface area contributed by atoms with E-state index in [2.05, 4.69) is 131 Å². The van der Waals surface area contributed by atoms with Crippen LogP contribution in [0.3, 0.4) is 0 Å². The fourth-order valence-electron chi connectivity index (χ4n) is 6.28. The first-order valence-corrected chi connectivity index (χ1v) is 13.7. The zero-order chi connectivity index (χ0) is 27.5. The Morgan fingerprint density at radius 1 is 0.463 bits per heavy atom. The monoisotopic (exact) mass is 527 g/mol. The van der Waals surface area contributed by atoms with Gasteiger partial charge in [-0.05, 0) is 59.7 Å². The average Bonchev–Trinajstić information content (AvgIpc) is 3.54. The number of nitrogens with zero attached hydrogens (tertiary/aromatic N) is 3. The maximum atomic E-state index is 12.7. The molecule has 4 heteroatoms. The van der Waals surface area contributed by atoms with Crippen molar-refractivity contribution in [3.8, 4) is 22.5 Å². The van der Waals surface area contributed by atoms with Crippen LogP contribution in [0.15, 0.2) is 140 Å². The molecule has 0 unspecified atom stereocenters. The fraction of sp³-hybridized carbons (Fsp3) is 0. The number of para-hydroxylation sites is 4. The highest BCUT2D eigenvalue weighted by atomic mass is 16.5. The van der Waals surface area contributed by atoms with Gasteiger partial charge in [-0.15, -0.1) is 0 Å². The van der Waals surface area contributed by atoms with E-state index in [-0.39, 0.29) is 0 Å². The summed E-state index contributed by atoms with van der Waals surface area (Å²) in [5, 5.41) is 17.4. The van der Waals surface area contributed by atoms with E-state index >= 15 is 0 Å². The molecule has 0 saturated heterocycles. The van der Waals surface area contributed by atoms with E-state index < -0.39 is 0 Å². The number of benzene rings is 6. The van der Waals surface area contributed by atoms with Crippen LogP contribution in [-0.4, -0.2) is 20.6 Å². The number of hydrogen-bond donors (Lipinski definition) is 0. The average molecular weight is 528 g/mol. The van der Waals surface area contributed by atoms with Gasteiger partial charge in [-0.1, -0.05) is 84.9 Å². The van der Waals surface area contributed by atoms with E-state index in [4.69, 9.17) is 0 Å². The standard InChI is InChI=1S/C37H25N3O/c1-38(41)36-23-20-26(24-37(36)40-34-16-8-4-12-30(34)31-13-5-9-17-35(31)40)25-18-21-27(22-19-25)39-32-14-6-2-10-28(32)29-11-3-7-15-33(29)39/h2-24H,1H2. The minimum Gasteiger partial charge on any atom is -0.619 e. The van der Waals surface area contributed by atoms with Gasteiger partial charge in [-0.25, -0.2) is 0 Å². The minimum atomic E-state index is 0.516. The minimum absolute atomic E-state index is 0.516. The summed E-state index contributed by atoms with van der Waals surface area (Å²) in [5.41, 5.74) is 9.00. The zero-order valence-electron chi connectivity index (χ0n) is 22.2. The highest BCUT2D eigenvalue weighted by Gasteiger charge is 2.19. The van der Waals surface area contributed by atoms with Crippen molar-refractivity contribution in [1.82, 2.24) is 9.13 Å². The smallest absolute Gasteiger partial charge is 0.240 e. The van der Waals surface area contributed by atoms with Gasteiger partial charge in [-0.3, -0.25) is 0 Å². The first kappa shape index (κ1) is 23.3. The Kier molecular flexibility index (Phi) is 5.09. The van der Waals surface area contributed by atoms with E-state index in [0.29, 0.717) is 10.4 Å². The molecule has 0 aliphatic carbocycles. The second-order valence-corrected chi connectivity index (χ2v) is 10.4. The van der Waals surface area contributed by atoms with Gasteiger partial charge in [0.1, 0.15) is 12.4 Å². The van der Waals surface area contributed by atoms with Crippen LogP contribution < -0.4 is 0 Å². The van der Waals surface area contributed by atoms with E-state index in [1.165, 1.54) is 21.8 Å².